The van der Waals surface area contributed by atoms with Crippen molar-refractivity contribution >= 4 is 0 Å². The first kappa shape index (κ1) is 6.43. The van der Waals surface area contributed by atoms with Crippen LogP contribution in [0.25, 0.3) is 10.4 Å². The Bertz CT molecular complexity index is 142. The van der Waals surface area contributed by atoms with Gasteiger partial charge in [-0.15, -0.1) is 0 Å². The summed E-state index contributed by atoms with van der Waals surface area (Å²) in [6.45, 7) is 2.86. The predicted molar refractivity (Wildman–Crippen MR) is 36.0 cm³/mol. The van der Waals surface area contributed by atoms with E-state index in [2.05, 4.69) is 16.9 Å². The van der Waals surface area contributed by atoms with E-state index in [9.17, 15) is 0 Å². The van der Waals surface area contributed by atoms with Crippen molar-refractivity contribution in [1.82, 2.24) is 0 Å². The summed E-state index contributed by atoms with van der Waals surface area (Å²) in [6, 6.07) is 0. The SMILES string of the molecule is CC1(CN=[N+]=[N-])CCC1. The van der Waals surface area contributed by atoms with Crippen LogP contribution in [0.3, 0.4) is 0 Å². The van der Waals surface area contributed by atoms with E-state index in [4.69, 9.17) is 5.53 Å². The van der Waals surface area contributed by atoms with Gasteiger partial charge in [0.05, 0.1) is 0 Å². The Labute approximate surface area is 54.7 Å². The van der Waals surface area contributed by atoms with Crippen LogP contribution in [0.4, 0.5) is 0 Å². The van der Waals surface area contributed by atoms with E-state index in [1.807, 2.05) is 0 Å². The molecule has 1 rings (SSSR count). The molecule has 50 valence electrons. The summed E-state index contributed by atoms with van der Waals surface area (Å²) in [4.78, 5) is 2.73. The van der Waals surface area contributed by atoms with Gasteiger partial charge in [0.15, 0.2) is 0 Å². The number of azide groups is 1. The Morgan fingerprint density at radius 2 is 2.33 bits per heavy atom. The fraction of sp³-hybridized carbons (Fsp3) is 1.00. The molecule has 0 aromatic rings. The predicted octanol–water partition coefficient (Wildman–Crippen LogP) is 2.49. The Balaban J connectivity index is 2.32. The van der Waals surface area contributed by atoms with Crippen molar-refractivity contribution in [3.63, 3.8) is 0 Å². The third kappa shape index (κ3) is 1.36. The van der Waals surface area contributed by atoms with Crippen molar-refractivity contribution in [3.8, 4) is 0 Å². The lowest BCUT2D eigenvalue weighted by molar-refractivity contribution is 0.173. The second kappa shape index (κ2) is 2.28. The molecular weight excluding hydrogens is 114 g/mol. The average Bonchev–Trinajstić information content (AvgIpc) is 1.79. The molecule has 1 aliphatic carbocycles. The summed E-state index contributed by atoms with van der Waals surface area (Å²) in [5, 5.41) is 3.55. The maximum Gasteiger partial charge on any atom is 0.0311 e. The van der Waals surface area contributed by atoms with Crippen LogP contribution in [0.15, 0.2) is 5.11 Å². The third-order valence-corrected chi connectivity index (χ3v) is 2.08. The monoisotopic (exact) mass is 125 g/mol. The minimum Gasteiger partial charge on any atom is -0.0934 e. The van der Waals surface area contributed by atoms with Crippen molar-refractivity contribution in [3.05, 3.63) is 10.4 Å². The van der Waals surface area contributed by atoms with Gasteiger partial charge >= 0.3 is 0 Å². The third-order valence-electron chi connectivity index (χ3n) is 2.08. The lowest BCUT2D eigenvalue weighted by atomic mass is 9.71. The van der Waals surface area contributed by atoms with Gasteiger partial charge in [0.1, 0.15) is 0 Å². The van der Waals surface area contributed by atoms with Gasteiger partial charge in [0, 0.05) is 11.5 Å². The van der Waals surface area contributed by atoms with E-state index in [-0.39, 0.29) is 0 Å². The summed E-state index contributed by atoms with van der Waals surface area (Å²) in [5.74, 6) is 0. The topological polar surface area (TPSA) is 48.8 Å². The fourth-order valence-electron chi connectivity index (χ4n) is 1.14. The molecule has 1 fully saturated rings. The molecule has 1 aliphatic rings. The zero-order valence-electron chi connectivity index (χ0n) is 5.67. The number of nitrogens with zero attached hydrogens (tertiary/aromatic N) is 3. The van der Waals surface area contributed by atoms with Gasteiger partial charge in [-0.3, -0.25) is 0 Å². The molecule has 0 aliphatic heterocycles. The van der Waals surface area contributed by atoms with Gasteiger partial charge in [0.2, 0.25) is 0 Å². The van der Waals surface area contributed by atoms with Crippen molar-refractivity contribution < 1.29 is 0 Å². The molecule has 0 radical (unpaired) electrons. The van der Waals surface area contributed by atoms with E-state index in [1.165, 1.54) is 19.3 Å². The van der Waals surface area contributed by atoms with Crippen LogP contribution in [0.2, 0.25) is 0 Å². The standard InChI is InChI=1S/C6H11N3/c1-6(3-2-4-6)5-8-9-7/h2-5H2,1H3. The minimum atomic E-state index is 0.353. The number of hydrogen-bond acceptors (Lipinski definition) is 1. The van der Waals surface area contributed by atoms with E-state index in [0.29, 0.717) is 12.0 Å². The summed E-state index contributed by atoms with van der Waals surface area (Å²) in [6.07, 6.45) is 3.76. The second-order valence-electron chi connectivity index (χ2n) is 3.05. The van der Waals surface area contributed by atoms with Gasteiger partial charge in [-0.25, -0.2) is 0 Å². The molecule has 3 heteroatoms. The summed E-state index contributed by atoms with van der Waals surface area (Å²) < 4.78 is 0. The number of hydrogen-bond donors (Lipinski definition) is 0. The highest BCUT2D eigenvalue weighted by Gasteiger charge is 2.30. The van der Waals surface area contributed by atoms with Crippen LogP contribution >= 0.6 is 0 Å². The fourth-order valence-corrected chi connectivity index (χ4v) is 1.14. The first-order valence-corrected chi connectivity index (χ1v) is 3.28. The largest absolute Gasteiger partial charge is 0.0934 e. The van der Waals surface area contributed by atoms with Gasteiger partial charge in [-0.2, -0.15) is 0 Å². The number of rotatable bonds is 2. The molecule has 0 aromatic carbocycles. The van der Waals surface area contributed by atoms with Gasteiger partial charge in [-0.05, 0) is 23.8 Å². The van der Waals surface area contributed by atoms with Gasteiger partial charge in [-0.1, -0.05) is 18.5 Å². The average molecular weight is 125 g/mol. The molecule has 0 spiro atoms. The van der Waals surface area contributed by atoms with Crippen molar-refractivity contribution in [2.24, 2.45) is 10.5 Å². The Kier molecular flexibility index (Phi) is 1.63. The van der Waals surface area contributed by atoms with Crippen LogP contribution in [0.5, 0.6) is 0 Å². The Hall–Kier alpha value is -0.690. The van der Waals surface area contributed by atoms with Crippen molar-refractivity contribution in [2.45, 2.75) is 26.2 Å². The van der Waals surface area contributed by atoms with Crippen LogP contribution in [0.1, 0.15) is 26.2 Å². The molecule has 0 aromatic heterocycles. The van der Waals surface area contributed by atoms with E-state index in [0.717, 1.165) is 0 Å². The Morgan fingerprint density at radius 1 is 1.67 bits per heavy atom. The van der Waals surface area contributed by atoms with E-state index >= 15 is 0 Å². The molecule has 1 saturated carbocycles. The maximum atomic E-state index is 8.01. The van der Waals surface area contributed by atoms with E-state index in [1.54, 1.807) is 0 Å². The molecule has 0 amide bonds. The van der Waals surface area contributed by atoms with Crippen molar-refractivity contribution in [2.75, 3.05) is 6.54 Å². The molecule has 0 saturated heterocycles. The highest BCUT2D eigenvalue weighted by Crippen LogP contribution is 2.40. The molecule has 0 heterocycles. The molecule has 3 nitrogen and oxygen atoms in total. The molecular formula is C6H11N3. The zero-order chi connectivity index (χ0) is 6.74. The summed E-state index contributed by atoms with van der Waals surface area (Å²) >= 11 is 0. The highest BCUT2D eigenvalue weighted by atomic mass is 15.1. The normalized spacial score (nSPS) is 21.9. The molecule has 0 bridgehead atoms. The van der Waals surface area contributed by atoms with Crippen LogP contribution < -0.4 is 0 Å². The van der Waals surface area contributed by atoms with Gasteiger partial charge < -0.3 is 0 Å². The smallest absolute Gasteiger partial charge is 0.0311 e. The zero-order valence-corrected chi connectivity index (χ0v) is 5.67. The molecule has 0 atom stereocenters. The Morgan fingerprint density at radius 3 is 2.67 bits per heavy atom. The molecule has 9 heavy (non-hydrogen) atoms. The maximum absolute atomic E-state index is 8.01. The summed E-state index contributed by atoms with van der Waals surface area (Å²) in [7, 11) is 0. The van der Waals surface area contributed by atoms with Crippen LogP contribution in [0, 0.1) is 5.41 Å². The first-order valence-electron chi connectivity index (χ1n) is 3.28. The van der Waals surface area contributed by atoms with Crippen molar-refractivity contribution in [1.29, 1.82) is 0 Å². The quantitative estimate of drug-likeness (QED) is 0.309. The first-order chi connectivity index (χ1) is 4.27. The molecule has 0 N–H and O–H groups in total. The summed E-state index contributed by atoms with van der Waals surface area (Å²) in [5.41, 5.74) is 8.36. The highest BCUT2D eigenvalue weighted by molar-refractivity contribution is 4.85. The van der Waals surface area contributed by atoms with Crippen LogP contribution in [-0.2, 0) is 0 Å². The lowest BCUT2D eigenvalue weighted by Crippen LogP contribution is -2.28. The lowest BCUT2D eigenvalue weighted by Gasteiger charge is -2.36. The second-order valence-corrected chi connectivity index (χ2v) is 3.05. The molecule has 0 unspecified atom stereocenters. The van der Waals surface area contributed by atoms with Gasteiger partial charge in [0.25, 0.3) is 0 Å². The minimum absolute atomic E-state index is 0.353. The van der Waals surface area contributed by atoms with Crippen LogP contribution in [-0.4, -0.2) is 6.54 Å². The van der Waals surface area contributed by atoms with E-state index < -0.39 is 0 Å².